The van der Waals surface area contributed by atoms with Crippen molar-refractivity contribution in [3.63, 3.8) is 0 Å². The van der Waals surface area contributed by atoms with Crippen LogP contribution in [-0.4, -0.2) is 11.0 Å². The number of benzene rings is 1. The number of aromatic nitrogens is 1. The number of carboxylic acids is 1. The lowest BCUT2D eigenvalue weighted by atomic mass is 10.1. The van der Waals surface area contributed by atoms with E-state index in [9.17, 15) is 23.1 Å². The Labute approximate surface area is 118 Å². The van der Waals surface area contributed by atoms with Crippen LogP contribution in [0.15, 0.2) is 42.6 Å². The third-order valence-corrected chi connectivity index (χ3v) is 2.68. The maximum atomic E-state index is 12.6. The largest absolute Gasteiger partial charge is 0.550 e. The zero-order valence-electron chi connectivity index (χ0n) is 10.6. The molecule has 21 heavy (non-hydrogen) atoms. The summed E-state index contributed by atoms with van der Waals surface area (Å²) < 4.78 is 37.9. The molecule has 110 valence electrons. The summed E-state index contributed by atoms with van der Waals surface area (Å²) >= 11 is 0. The van der Waals surface area contributed by atoms with Crippen molar-refractivity contribution in [2.24, 2.45) is 0 Å². The van der Waals surface area contributed by atoms with Crippen molar-refractivity contribution >= 4 is 17.5 Å². The fourth-order valence-corrected chi connectivity index (χ4v) is 1.76. The van der Waals surface area contributed by atoms with Crippen LogP contribution in [0.4, 0.5) is 24.7 Å². The lowest BCUT2D eigenvalue weighted by molar-refractivity contribution is -0.304. The van der Waals surface area contributed by atoms with Crippen LogP contribution >= 0.6 is 0 Å². The zero-order chi connectivity index (χ0) is 15.5. The molecule has 0 aliphatic carbocycles. The molecule has 0 atom stereocenters. The first kappa shape index (κ1) is 14.8. The molecule has 0 aliphatic rings. The lowest BCUT2D eigenvalue weighted by Gasteiger charge is -2.13. The van der Waals surface area contributed by atoms with E-state index in [1.165, 1.54) is 30.5 Å². The molecule has 0 radical (unpaired) electrons. The van der Waals surface area contributed by atoms with Gasteiger partial charge in [0.25, 0.3) is 0 Å². The van der Waals surface area contributed by atoms with Crippen LogP contribution < -0.4 is 10.4 Å². The average Bonchev–Trinajstić information content (AvgIpc) is 2.40. The third kappa shape index (κ3) is 3.95. The van der Waals surface area contributed by atoms with Crippen molar-refractivity contribution in [3.8, 4) is 0 Å². The molecule has 0 fully saturated rings. The number of nitrogens with one attached hydrogen (secondary N) is 1. The zero-order valence-corrected chi connectivity index (χ0v) is 10.6. The van der Waals surface area contributed by atoms with Gasteiger partial charge in [-0.05, 0) is 24.3 Å². The van der Waals surface area contributed by atoms with E-state index in [-0.39, 0.29) is 17.9 Å². The molecule has 0 saturated carbocycles. The van der Waals surface area contributed by atoms with Gasteiger partial charge < -0.3 is 15.2 Å². The molecule has 0 spiro atoms. The minimum atomic E-state index is -4.45. The minimum absolute atomic E-state index is 0.170. The maximum absolute atomic E-state index is 12.6. The number of anilines is 2. The van der Waals surface area contributed by atoms with E-state index in [0.29, 0.717) is 5.56 Å². The number of hydrogen-bond donors (Lipinski definition) is 1. The van der Waals surface area contributed by atoms with Gasteiger partial charge in [0.15, 0.2) is 0 Å². The Hall–Kier alpha value is -2.57. The molecule has 4 nitrogen and oxygen atoms in total. The molecular weight excluding hydrogens is 285 g/mol. The van der Waals surface area contributed by atoms with Gasteiger partial charge in [0.05, 0.1) is 5.56 Å². The number of carbonyl (C=O) groups is 1. The molecule has 1 N–H and O–H groups in total. The number of alkyl halides is 3. The first-order valence-electron chi connectivity index (χ1n) is 5.94. The van der Waals surface area contributed by atoms with Crippen LogP contribution in [0, 0.1) is 0 Å². The number of carbonyl (C=O) groups excluding carboxylic acids is 1. The highest BCUT2D eigenvalue weighted by molar-refractivity contribution is 5.72. The SMILES string of the molecule is O=C([O-])Cc1cccnc1Nc1cccc(C(F)(F)F)c1. The smallest absolute Gasteiger partial charge is 0.416 e. The van der Waals surface area contributed by atoms with E-state index < -0.39 is 17.7 Å². The Bertz CT molecular complexity index is 657. The van der Waals surface area contributed by atoms with E-state index in [2.05, 4.69) is 10.3 Å². The predicted molar refractivity (Wildman–Crippen MR) is 67.7 cm³/mol. The Morgan fingerprint density at radius 2 is 2.00 bits per heavy atom. The van der Waals surface area contributed by atoms with Crippen LogP contribution in [0.5, 0.6) is 0 Å². The molecule has 0 amide bonds. The normalized spacial score (nSPS) is 11.2. The summed E-state index contributed by atoms with van der Waals surface area (Å²) in [7, 11) is 0. The molecular formula is C14H10F3N2O2-. The van der Waals surface area contributed by atoms with Gasteiger partial charge in [-0.15, -0.1) is 0 Å². The Morgan fingerprint density at radius 3 is 2.67 bits per heavy atom. The van der Waals surface area contributed by atoms with Crippen molar-refractivity contribution in [2.75, 3.05) is 5.32 Å². The molecule has 0 aliphatic heterocycles. The molecule has 1 aromatic heterocycles. The standard InChI is InChI=1S/C14H11F3N2O2/c15-14(16,17)10-4-1-5-11(8-10)19-13-9(7-12(20)21)3-2-6-18-13/h1-6,8H,7H2,(H,18,19)(H,20,21)/p-1. The van der Waals surface area contributed by atoms with Crippen molar-refractivity contribution < 1.29 is 23.1 Å². The van der Waals surface area contributed by atoms with E-state index in [1.807, 2.05) is 0 Å². The number of pyridine rings is 1. The highest BCUT2D eigenvalue weighted by Crippen LogP contribution is 2.31. The van der Waals surface area contributed by atoms with Crippen molar-refractivity contribution in [1.82, 2.24) is 4.98 Å². The fraction of sp³-hybridized carbons (Fsp3) is 0.143. The van der Waals surface area contributed by atoms with Crippen molar-refractivity contribution in [3.05, 3.63) is 53.7 Å². The highest BCUT2D eigenvalue weighted by atomic mass is 19.4. The van der Waals surface area contributed by atoms with Crippen LogP contribution in [0.25, 0.3) is 0 Å². The molecule has 1 aromatic carbocycles. The molecule has 0 saturated heterocycles. The van der Waals surface area contributed by atoms with E-state index >= 15 is 0 Å². The summed E-state index contributed by atoms with van der Waals surface area (Å²) in [5, 5.41) is 13.3. The quantitative estimate of drug-likeness (QED) is 0.938. The Morgan fingerprint density at radius 1 is 1.24 bits per heavy atom. The molecule has 1 heterocycles. The maximum Gasteiger partial charge on any atom is 0.416 e. The first-order valence-corrected chi connectivity index (χ1v) is 5.94. The van der Waals surface area contributed by atoms with Gasteiger partial charge in [-0.25, -0.2) is 4.98 Å². The summed E-state index contributed by atoms with van der Waals surface area (Å²) in [5.74, 6) is -1.11. The Balaban J connectivity index is 2.28. The van der Waals surface area contributed by atoms with Gasteiger partial charge in [-0.2, -0.15) is 13.2 Å². The molecule has 2 aromatic rings. The van der Waals surface area contributed by atoms with Crippen LogP contribution in [0.1, 0.15) is 11.1 Å². The third-order valence-electron chi connectivity index (χ3n) is 2.68. The number of carboxylic acid groups (broad SMARTS) is 1. The minimum Gasteiger partial charge on any atom is -0.550 e. The summed E-state index contributed by atoms with van der Waals surface area (Å²) in [6.07, 6.45) is -3.42. The number of halogens is 3. The number of rotatable bonds is 4. The first-order chi connectivity index (χ1) is 9.86. The van der Waals surface area contributed by atoms with Crippen LogP contribution in [0.3, 0.4) is 0 Å². The van der Waals surface area contributed by atoms with Gasteiger partial charge in [-0.3, -0.25) is 0 Å². The lowest BCUT2D eigenvalue weighted by Crippen LogP contribution is -2.24. The van der Waals surface area contributed by atoms with Crippen molar-refractivity contribution in [2.45, 2.75) is 12.6 Å². The number of hydrogen-bond acceptors (Lipinski definition) is 4. The fourth-order valence-electron chi connectivity index (χ4n) is 1.76. The highest BCUT2D eigenvalue weighted by Gasteiger charge is 2.30. The second-order valence-electron chi connectivity index (χ2n) is 4.26. The van der Waals surface area contributed by atoms with Gasteiger partial charge in [0, 0.05) is 29.8 Å². The van der Waals surface area contributed by atoms with Crippen molar-refractivity contribution in [1.29, 1.82) is 0 Å². The topological polar surface area (TPSA) is 65.0 Å². The summed E-state index contributed by atoms with van der Waals surface area (Å²) in [4.78, 5) is 14.6. The Kier molecular flexibility index (Phi) is 4.11. The molecule has 0 unspecified atom stereocenters. The molecule has 7 heteroatoms. The second-order valence-corrected chi connectivity index (χ2v) is 4.26. The molecule has 2 rings (SSSR count). The summed E-state index contributed by atoms with van der Waals surface area (Å²) in [6, 6.07) is 7.62. The van der Waals surface area contributed by atoms with E-state index in [0.717, 1.165) is 12.1 Å². The van der Waals surface area contributed by atoms with Gasteiger partial charge in [0.1, 0.15) is 5.82 Å². The number of nitrogens with zero attached hydrogens (tertiary/aromatic N) is 1. The summed E-state index contributed by atoms with van der Waals surface area (Å²) in [6.45, 7) is 0. The van der Waals surface area contributed by atoms with Crippen LogP contribution in [-0.2, 0) is 17.4 Å². The van der Waals surface area contributed by atoms with E-state index in [4.69, 9.17) is 0 Å². The predicted octanol–water partition coefficient (Wildman–Crippen LogP) is 2.14. The molecule has 0 bridgehead atoms. The summed E-state index contributed by atoms with van der Waals surface area (Å²) in [5.41, 5.74) is -0.303. The van der Waals surface area contributed by atoms with Gasteiger partial charge >= 0.3 is 6.18 Å². The second kappa shape index (κ2) is 5.82. The van der Waals surface area contributed by atoms with Crippen LogP contribution in [0.2, 0.25) is 0 Å². The number of aliphatic carboxylic acids is 1. The monoisotopic (exact) mass is 295 g/mol. The van der Waals surface area contributed by atoms with Gasteiger partial charge in [-0.1, -0.05) is 12.1 Å². The van der Waals surface area contributed by atoms with Gasteiger partial charge in [0.2, 0.25) is 0 Å². The van der Waals surface area contributed by atoms with E-state index in [1.54, 1.807) is 0 Å². The average molecular weight is 295 g/mol.